The largest absolute Gasteiger partial charge is 0.352 e. The van der Waals surface area contributed by atoms with E-state index in [2.05, 4.69) is 22.9 Å². The Labute approximate surface area is 114 Å². The van der Waals surface area contributed by atoms with E-state index in [0.717, 1.165) is 32.2 Å². The van der Waals surface area contributed by atoms with Crippen LogP contribution in [-0.4, -0.2) is 36.6 Å². The van der Waals surface area contributed by atoms with Gasteiger partial charge in [0.05, 0.1) is 0 Å². The zero-order chi connectivity index (χ0) is 14.3. The summed E-state index contributed by atoms with van der Waals surface area (Å²) in [5.74, 6) is -0.119. The molecule has 0 aromatic heterocycles. The van der Waals surface area contributed by atoms with Gasteiger partial charge >= 0.3 is 6.03 Å². The number of rotatable bonds is 6. The van der Waals surface area contributed by atoms with E-state index in [9.17, 15) is 9.59 Å². The van der Waals surface area contributed by atoms with Crippen molar-refractivity contribution in [3.63, 3.8) is 0 Å². The molecule has 1 fully saturated rings. The van der Waals surface area contributed by atoms with E-state index in [4.69, 9.17) is 5.73 Å². The minimum atomic E-state index is -0.644. The van der Waals surface area contributed by atoms with Crippen LogP contribution in [0.2, 0.25) is 0 Å². The summed E-state index contributed by atoms with van der Waals surface area (Å²) in [5, 5.41) is 8.88. The third kappa shape index (κ3) is 5.92. The molecule has 6 heteroatoms. The molecular weight excluding hydrogens is 244 g/mol. The van der Waals surface area contributed by atoms with Gasteiger partial charge in [0.2, 0.25) is 5.91 Å². The van der Waals surface area contributed by atoms with E-state index < -0.39 is 12.1 Å². The fraction of sp³-hybridized carbons (Fsp3) is 0.846. The van der Waals surface area contributed by atoms with Crippen molar-refractivity contribution >= 4 is 11.9 Å². The molecule has 0 aromatic carbocycles. The minimum Gasteiger partial charge on any atom is -0.352 e. The van der Waals surface area contributed by atoms with Crippen LogP contribution in [0.5, 0.6) is 0 Å². The molecule has 110 valence electrons. The number of piperidine rings is 1. The lowest BCUT2D eigenvalue weighted by atomic mass is 10.00. The Kier molecular flexibility index (Phi) is 6.62. The Balaban J connectivity index is 2.47. The standard InChI is InChI=1S/C13H26N4O2/c1-3-4-5-11(17-13(14)19)12(18)16-10-6-7-15-9(2)8-10/h9-11,15H,3-8H2,1-2H3,(H,16,18)(H3,14,17,19). The lowest BCUT2D eigenvalue weighted by Crippen LogP contribution is -2.53. The van der Waals surface area contributed by atoms with Gasteiger partial charge < -0.3 is 21.7 Å². The zero-order valence-corrected chi connectivity index (χ0v) is 11.9. The van der Waals surface area contributed by atoms with Gasteiger partial charge in [0, 0.05) is 12.1 Å². The summed E-state index contributed by atoms with van der Waals surface area (Å²) in [6.45, 7) is 5.07. The van der Waals surface area contributed by atoms with Gasteiger partial charge in [-0.2, -0.15) is 0 Å². The van der Waals surface area contributed by atoms with Crippen LogP contribution in [-0.2, 0) is 4.79 Å². The number of hydrogen-bond acceptors (Lipinski definition) is 3. The van der Waals surface area contributed by atoms with E-state index in [1.165, 1.54) is 0 Å². The van der Waals surface area contributed by atoms with Crippen molar-refractivity contribution in [3.05, 3.63) is 0 Å². The first-order chi connectivity index (χ1) is 9.02. The number of unbranched alkanes of at least 4 members (excludes halogenated alkanes) is 1. The van der Waals surface area contributed by atoms with Crippen LogP contribution in [0.3, 0.4) is 0 Å². The third-order valence-corrected chi connectivity index (χ3v) is 3.45. The molecule has 1 rings (SSSR count). The number of hydrogen-bond donors (Lipinski definition) is 4. The highest BCUT2D eigenvalue weighted by Gasteiger charge is 2.24. The van der Waals surface area contributed by atoms with E-state index in [1.807, 2.05) is 6.92 Å². The normalized spacial score (nSPS) is 24.5. The number of nitrogens with one attached hydrogen (secondary N) is 3. The SMILES string of the molecule is CCCCC(NC(N)=O)C(=O)NC1CCNC(C)C1. The van der Waals surface area contributed by atoms with Crippen LogP contribution in [0.15, 0.2) is 0 Å². The summed E-state index contributed by atoms with van der Waals surface area (Å²) < 4.78 is 0. The maximum atomic E-state index is 12.2. The zero-order valence-electron chi connectivity index (χ0n) is 11.9. The van der Waals surface area contributed by atoms with Crippen molar-refractivity contribution in [2.24, 2.45) is 5.73 Å². The van der Waals surface area contributed by atoms with Crippen molar-refractivity contribution in [3.8, 4) is 0 Å². The van der Waals surface area contributed by atoms with E-state index in [-0.39, 0.29) is 11.9 Å². The van der Waals surface area contributed by atoms with Crippen molar-refractivity contribution < 1.29 is 9.59 Å². The minimum absolute atomic E-state index is 0.119. The molecule has 0 spiro atoms. The molecule has 3 amide bonds. The predicted molar refractivity (Wildman–Crippen MR) is 74.7 cm³/mol. The molecule has 5 N–H and O–H groups in total. The molecule has 3 unspecified atom stereocenters. The van der Waals surface area contributed by atoms with Crippen molar-refractivity contribution in [2.75, 3.05) is 6.54 Å². The predicted octanol–water partition coefficient (Wildman–Crippen LogP) is 0.470. The van der Waals surface area contributed by atoms with Crippen molar-refractivity contribution in [1.29, 1.82) is 0 Å². The summed E-state index contributed by atoms with van der Waals surface area (Å²) >= 11 is 0. The number of primary amides is 1. The van der Waals surface area contributed by atoms with Gasteiger partial charge in [-0.25, -0.2) is 4.79 Å². The summed E-state index contributed by atoms with van der Waals surface area (Å²) in [4.78, 5) is 23.1. The van der Waals surface area contributed by atoms with Gasteiger partial charge in [-0.1, -0.05) is 19.8 Å². The first-order valence-corrected chi connectivity index (χ1v) is 7.12. The molecule has 0 aromatic rings. The quantitative estimate of drug-likeness (QED) is 0.565. The molecule has 0 saturated carbocycles. The lowest BCUT2D eigenvalue weighted by Gasteiger charge is -2.30. The number of amides is 3. The smallest absolute Gasteiger partial charge is 0.312 e. The van der Waals surface area contributed by atoms with E-state index in [1.54, 1.807) is 0 Å². The molecule has 6 nitrogen and oxygen atoms in total. The van der Waals surface area contributed by atoms with E-state index >= 15 is 0 Å². The summed E-state index contributed by atoms with van der Waals surface area (Å²) in [7, 11) is 0. The number of carbonyl (C=O) groups excluding carboxylic acids is 2. The molecule has 1 aliphatic heterocycles. The second-order valence-corrected chi connectivity index (χ2v) is 5.29. The molecule has 0 aliphatic carbocycles. The van der Waals surface area contributed by atoms with Crippen LogP contribution in [0, 0.1) is 0 Å². The molecule has 1 saturated heterocycles. The summed E-state index contributed by atoms with van der Waals surface area (Å²) in [6.07, 6.45) is 4.34. The maximum absolute atomic E-state index is 12.2. The van der Waals surface area contributed by atoms with Gasteiger partial charge in [0.25, 0.3) is 0 Å². The number of nitrogens with two attached hydrogens (primary N) is 1. The fourth-order valence-electron chi connectivity index (χ4n) is 2.41. The molecule has 1 aliphatic rings. The van der Waals surface area contributed by atoms with Gasteiger partial charge in [-0.3, -0.25) is 4.79 Å². The number of urea groups is 1. The molecule has 3 atom stereocenters. The molecule has 1 heterocycles. The Hall–Kier alpha value is -1.30. The highest BCUT2D eigenvalue weighted by atomic mass is 16.2. The Bertz CT molecular complexity index is 309. The summed E-state index contributed by atoms with van der Waals surface area (Å²) in [5.41, 5.74) is 5.12. The fourth-order valence-corrected chi connectivity index (χ4v) is 2.41. The first-order valence-electron chi connectivity index (χ1n) is 7.12. The summed E-state index contributed by atoms with van der Waals surface area (Å²) in [6, 6.07) is -0.558. The molecule has 0 radical (unpaired) electrons. The second kappa shape index (κ2) is 7.99. The average molecular weight is 270 g/mol. The van der Waals surface area contributed by atoms with Gasteiger partial charge in [0.15, 0.2) is 0 Å². The van der Waals surface area contributed by atoms with Crippen molar-refractivity contribution in [1.82, 2.24) is 16.0 Å². The van der Waals surface area contributed by atoms with Crippen LogP contribution in [0.1, 0.15) is 46.0 Å². The molecule has 19 heavy (non-hydrogen) atoms. The Morgan fingerprint density at radius 3 is 2.79 bits per heavy atom. The van der Waals surface area contributed by atoms with Crippen LogP contribution in [0.4, 0.5) is 4.79 Å². The maximum Gasteiger partial charge on any atom is 0.312 e. The Morgan fingerprint density at radius 1 is 1.47 bits per heavy atom. The highest BCUT2D eigenvalue weighted by molar-refractivity contribution is 5.86. The van der Waals surface area contributed by atoms with Crippen LogP contribution in [0.25, 0.3) is 0 Å². The van der Waals surface area contributed by atoms with Gasteiger partial charge in [-0.05, 0) is 32.7 Å². The topological polar surface area (TPSA) is 96.2 Å². The first kappa shape index (κ1) is 15.8. The van der Waals surface area contributed by atoms with Gasteiger partial charge in [0.1, 0.15) is 6.04 Å². The van der Waals surface area contributed by atoms with Crippen molar-refractivity contribution in [2.45, 2.75) is 64.1 Å². The average Bonchev–Trinajstić information content (AvgIpc) is 2.34. The lowest BCUT2D eigenvalue weighted by molar-refractivity contribution is -0.124. The third-order valence-electron chi connectivity index (χ3n) is 3.45. The van der Waals surface area contributed by atoms with E-state index in [0.29, 0.717) is 12.5 Å². The monoisotopic (exact) mass is 270 g/mol. The molecular formula is C13H26N4O2. The Morgan fingerprint density at radius 2 is 2.21 bits per heavy atom. The second-order valence-electron chi connectivity index (χ2n) is 5.29. The van der Waals surface area contributed by atoms with Crippen LogP contribution >= 0.6 is 0 Å². The number of carbonyl (C=O) groups is 2. The van der Waals surface area contributed by atoms with Gasteiger partial charge in [-0.15, -0.1) is 0 Å². The van der Waals surface area contributed by atoms with Crippen LogP contribution < -0.4 is 21.7 Å². The highest BCUT2D eigenvalue weighted by Crippen LogP contribution is 2.09. The molecule has 0 bridgehead atoms.